The van der Waals surface area contributed by atoms with Crippen LogP contribution in [0.2, 0.25) is 4.34 Å². The van der Waals surface area contributed by atoms with Crippen LogP contribution >= 0.6 is 22.9 Å². The van der Waals surface area contributed by atoms with Crippen LogP contribution in [-0.4, -0.2) is 6.03 Å². The molecule has 106 valence electrons. The number of nitrogens with one attached hydrogen (secondary N) is 2. The zero-order valence-corrected chi connectivity index (χ0v) is 13.0. The number of amides is 2. The summed E-state index contributed by atoms with van der Waals surface area (Å²) in [6.07, 6.45) is 0.989. The number of hydrogen-bond acceptors (Lipinski definition) is 2. The molecule has 0 bridgehead atoms. The highest BCUT2D eigenvalue weighted by Crippen LogP contribution is 2.26. The van der Waals surface area contributed by atoms with Gasteiger partial charge in [0.1, 0.15) is 0 Å². The van der Waals surface area contributed by atoms with E-state index in [1.165, 1.54) is 16.9 Å². The van der Waals surface area contributed by atoms with E-state index in [-0.39, 0.29) is 12.1 Å². The Labute approximate surface area is 128 Å². The molecule has 0 saturated carbocycles. The van der Waals surface area contributed by atoms with Gasteiger partial charge in [-0.15, -0.1) is 11.3 Å². The van der Waals surface area contributed by atoms with Crippen LogP contribution in [0, 0.1) is 0 Å². The summed E-state index contributed by atoms with van der Waals surface area (Å²) >= 11 is 7.36. The molecule has 0 aliphatic heterocycles. The zero-order valence-electron chi connectivity index (χ0n) is 11.4. The number of carbonyl (C=O) groups is 1. The van der Waals surface area contributed by atoms with Crippen molar-refractivity contribution in [2.24, 2.45) is 0 Å². The molecule has 1 heterocycles. The van der Waals surface area contributed by atoms with Gasteiger partial charge < -0.3 is 10.6 Å². The van der Waals surface area contributed by atoms with Gasteiger partial charge in [0.15, 0.2) is 0 Å². The van der Waals surface area contributed by atoms with Gasteiger partial charge in [-0.3, -0.25) is 0 Å². The first-order valence-corrected chi connectivity index (χ1v) is 7.69. The highest BCUT2D eigenvalue weighted by atomic mass is 35.5. The SMILES string of the molecule is CCc1ccc(NC(=O)N[C@H](C)c2ccc(Cl)s2)cc1. The van der Waals surface area contributed by atoms with E-state index < -0.39 is 0 Å². The first kappa shape index (κ1) is 14.9. The van der Waals surface area contributed by atoms with Gasteiger partial charge in [-0.05, 0) is 43.2 Å². The smallest absolute Gasteiger partial charge is 0.319 e. The molecule has 0 aliphatic rings. The molecular weight excluding hydrogens is 292 g/mol. The van der Waals surface area contributed by atoms with Crippen LogP contribution in [0.5, 0.6) is 0 Å². The molecule has 1 atom stereocenters. The van der Waals surface area contributed by atoms with Crippen LogP contribution in [0.4, 0.5) is 10.5 Å². The van der Waals surface area contributed by atoms with Crippen molar-refractivity contribution in [3.8, 4) is 0 Å². The van der Waals surface area contributed by atoms with E-state index in [1.807, 2.05) is 43.3 Å². The number of urea groups is 1. The summed E-state index contributed by atoms with van der Waals surface area (Å²) in [5.74, 6) is 0. The van der Waals surface area contributed by atoms with E-state index in [2.05, 4.69) is 17.6 Å². The second-order valence-electron chi connectivity index (χ2n) is 4.51. The average molecular weight is 309 g/mol. The highest BCUT2D eigenvalue weighted by molar-refractivity contribution is 7.16. The fourth-order valence-corrected chi connectivity index (χ4v) is 2.88. The third-order valence-corrected chi connectivity index (χ3v) is 4.40. The quantitative estimate of drug-likeness (QED) is 0.833. The number of benzene rings is 1. The van der Waals surface area contributed by atoms with Crippen molar-refractivity contribution in [3.05, 3.63) is 51.2 Å². The normalized spacial score (nSPS) is 11.9. The van der Waals surface area contributed by atoms with E-state index in [9.17, 15) is 4.79 Å². The molecule has 2 rings (SSSR count). The van der Waals surface area contributed by atoms with E-state index in [1.54, 1.807) is 0 Å². The van der Waals surface area contributed by atoms with Gasteiger partial charge >= 0.3 is 6.03 Å². The molecule has 2 aromatic rings. The predicted molar refractivity (Wildman–Crippen MR) is 85.7 cm³/mol. The van der Waals surface area contributed by atoms with Gasteiger partial charge in [0, 0.05) is 10.6 Å². The Morgan fingerprint density at radius 2 is 1.95 bits per heavy atom. The van der Waals surface area contributed by atoms with Gasteiger partial charge in [-0.25, -0.2) is 4.79 Å². The van der Waals surface area contributed by atoms with Gasteiger partial charge in [-0.2, -0.15) is 0 Å². The molecule has 20 heavy (non-hydrogen) atoms. The summed E-state index contributed by atoms with van der Waals surface area (Å²) in [7, 11) is 0. The van der Waals surface area contributed by atoms with E-state index in [4.69, 9.17) is 11.6 Å². The molecule has 0 unspecified atom stereocenters. The maximum Gasteiger partial charge on any atom is 0.319 e. The van der Waals surface area contributed by atoms with E-state index in [0.717, 1.165) is 21.3 Å². The summed E-state index contributed by atoms with van der Waals surface area (Å²) in [5, 5.41) is 5.71. The maximum atomic E-state index is 11.9. The Kier molecular flexibility index (Phi) is 5.04. The molecule has 0 radical (unpaired) electrons. The lowest BCUT2D eigenvalue weighted by molar-refractivity contribution is 0.249. The topological polar surface area (TPSA) is 41.1 Å². The second-order valence-corrected chi connectivity index (χ2v) is 6.26. The molecule has 3 nitrogen and oxygen atoms in total. The van der Waals surface area contributed by atoms with Crippen LogP contribution in [0.1, 0.15) is 30.3 Å². The van der Waals surface area contributed by atoms with Crippen LogP contribution in [-0.2, 0) is 6.42 Å². The van der Waals surface area contributed by atoms with Crippen molar-refractivity contribution in [1.29, 1.82) is 0 Å². The zero-order chi connectivity index (χ0) is 14.5. The summed E-state index contributed by atoms with van der Waals surface area (Å²) in [6.45, 7) is 4.03. The number of rotatable bonds is 4. The lowest BCUT2D eigenvalue weighted by Gasteiger charge is -2.13. The van der Waals surface area contributed by atoms with Crippen molar-refractivity contribution in [2.75, 3.05) is 5.32 Å². The van der Waals surface area contributed by atoms with E-state index in [0.29, 0.717) is 0 Å². The molecule has 2 amide bonds. The summed E-state index contributed by atoms with van der Waals surface area (Å²) in [5.41, 5.74) is 2.04. The minimum atomic E-state index is -0.216. The monoisotopic (exact) mass is 308 g/mol. The third kappa shape index (κ3) is 3.99. The Bertz CT molecular complexity index is 580. The second kappa shape index (κ2) is 6.77. The molecular formula is C15H17ClN2OS. The molecule has 0 spiro atoms. The largest absolute Gasteiger partial charge is 0.331 e. The Morgan fingerprint density at radius 1 is 1.25 bits per heavy atom. The van der Waals surface area contributed by atoms with Crippen molar-refractivity contribution in [3.63, 3.8) is 0 Å². The summed E-state index contributed by atoms with van der Waals surface area (Å²) < 4.78 is 0.726. The standard InChI is InChI=1S/C15H17ClN2OS/c1-3-11-4-6-12(7-5-11)18-15(19)17-10(2)13-8-9-14(16)20-13/h4-10H,3H2,1-2H3,(H2,17,18,19)/t10-/m1/s1. The van der Waals surface area contributed by atoms with Crippen molar-refractivity contribution in [1.82, 2.24) is 5.32 Å². The van der Waals surface area contributed by atoms with Gasteiger partial charge in [0.25, 0.3) is 0 Å². The number of halogens is 1. The van der Waals surface area contributed by atoms with Gasteiger partial charge in [0.2, 0.25) is 0 Å². The number of hydrogen-bond donors (Lipinski definition) is 2. The van der Waals surface area contributed by atoms with Crippen LogP contribution < -0.4 is 10.6 Å². The van der Waals surface area contributed by atoms with Crippen molar-refractivity contribution >= 4 is 34.7 Å². The number of carbonyl (C=O) groups excluding carboxylic acids is 1. The summed E-state index contributed by atoms with van der Waals surface area (Å²) in [6, 6.07) is 11.3. The molecule has 1 aromatic carbocycles. The number of anilines is 1. The number of thiophene rings is 1. The first-order valence-electron chi connectivity index (χ1n) is 6.50. The Morgan fingerprint density at radius 3 is 2.50 bits per heavy atom. The molecule has 0 aliphatic carbocycles. The fourth-order valence-electron chi connectivity index (χ4n) is 1.82. The van der Waals surface area contributed by atoms with Crippen molar-refractivity contribution in [2.45, 2.75) is 26.3 Å². The molecule has 5 heteroatoms. The minimum absolute atomic E-state index is 0.0672. The Balaban J connectivity index is 1.91. The predicted octanol–water partition coefficient (Wildman–Crippen LogP) is 4.85. The first-order chi connectivity index (χ1) is 9.58. The lowest BCUT2D eigenvalue weighted by Crippen LogP contribution is -2.30. The van der Waals surface area contributed by atoms with Crippen LogP contribution in [0.25, 0.3) is 0 Å². The summed E-state index contributed by atoms with van der Waals surface area (Å²) in [4.78, 5) is 12.9. The lowest BCUT2D eigenvalue weighted by atomic mass is 10.1. The molecule has 0 saturated heterocycles. The average Bonchev–Trinajstić information content (AvgIpc) is 2.86. The van der Waals surface area contributed by atoms with E-state index >= 15 is 0 Å². The number of aryl methyl sites for hydroxylation is 1. The molecule has 0 fully saturated rings. The minimum Gasteiger partial charge on any atom is -0.331 e. The van der Waals surface area contributed by atoms with Gasteiger partial charge in [-0.1, -0.05) is 30.7 Å². The molecule has 2 N–H and O–H groups in total. The van der Waals surface area contributed by atoms with Crippen LogP contribution in [0.15, 0.2) is 36.4 Å². The highest BCUT2D eigenvalue weighted by Gasteiger charge is 2.11. The fraction of sp³-hybridized carbons (Fsp3) is 0.267. The molecule has 1 aromatic heterocycles. The van der Waals surface area contributed by atoms with Crippen LogP contribution in [0.3, 0.4) is 0 Å². The Hall–Kier alpha value is -1.52. The third-order valence-electron chi connectivity index (χ3n) is 2.99. The van der Waals surface area contributed by atoms with Crippen molar-refractivity contribution < 1.29 is 4.79 Å². The van der Waals surface area contributed by atoms with Gasteiger partial charge in [0.05, 0.1) is 10.4 Å². The maximum absolute atomic E-state index is 11.9.